The number of carboxylic acids is 1. The minimum Gasteiger partial charge on any atom is -0.481 e. The quantitative estimate of drug-likeness (QED) is 0.503. The maximum atomic E-state index is 12.2. The molecule has 1 aromatic rings. The Kier molecular flexibility index (Phi) is 2.92. The van der Waals surface area contributed by atoms with Gasteiger partial charge in [-0.15, -0.1) is 0 Å². The van der Waals surface area contributed by atoms with Crippen molar-refractivity contribution < 1.29 is 14.3 Å². The molecule has 0 saturated carbocycles. The number of hydrogen-bond acceptors (Lipinski definition) is 3. The van der Waals surface area contributed by atoms with Crippen LogP contribution in [0.15, 0.2) is 12.4 Å². The molecule has 0 aliphatic rings. The summed E-state index contributed by atoms with van der Waals surface area (Å²) in [7, 11) is 0. The van der Waals surface area contributed by atoms with Crippen molar-refractivity contribution in [2.24, 2.45) is 0 Å². The molecule has 0 unspecified atom stereocenters. The predicted octanol–water partition coefficient (Wildman–Crippen LogP) is 0.442. The second-order valence-electron chi connectivity index (χ2n) is 2.11. The Labute approximate surface area is 73.5 Å². The standard InChI is InChI=1S/C8H5FN2O2/c9-8-10-4-6(5-11-8)2-1-3-7(12)13/h4-5H,3H2,(H,12,13). The third-order valence-electron chi connectivity index (χ3n) is 1.09. The summed E-state index contributed by atoms with van der Waals surface area (Å²) in [4.78, 5) is 16.5. The van der Waals surface area contributed by atoms with Crippen molar-refractivity contribution in [2.45, 2.75) is 6.42 Å². The fourth-order valence-electron chi connectivity index (χ4n) is 0.599. The molecule has 0 aliphatic carbocycles. The number of rotatable bonds is 1. The molecule has 0 spiro atoms. The highest BCUT2D eigenvalue weighted by Gasteiger charge is 1.92. The van der Waals surface area contributed by atoms with E-state index < -0.39 is 12.0 Å². The summed E-state index contributed by atoms with van der Waals surface area (Å²) in [6.07, 6.45) is 1.30. The van der Waals surface area contributed by atoms with Crippen LogP contribution in [-0.2, 0) is 4.79 Å². The molecule has 1 N–H and O–H groups in total. The Morgan fingerprint density at radius 2 is 2.15 bits per heavy atom. The number of carboxylic acid groups (broad SMARTS) is 1. The van der Waals surface area contributed by atoms with E-state index in [0.29, 0.717) is 5.56 Å². The van der Waals surface area contributed by atoms with Crippen molar-refractivity contribution in [3.05, 3.63) is 24.0 Å². The van der Waals surface area contributed by atoms with Gasteiger partial charge in [0.25, 0.3) is 0 Å². The summed E-state index contributed by atoms with van der Waals surface area (Å²) in [5, 5.41) is 8.24. The molecule has 1 rings (SSSR count). The molecular weight excluding hydrogens is 175 g/mol. The summed E-state index contributed by atoms with van der Waals surface area (Å²) in [5.74, 6) is 3.85. The van der Waals surface area contributed by atoms with Crippen LogP contribution in [0.25, 0.3) is 0 Å². The summed E-state index contributed by atoms with van der Waals surface area (Å²) >= 11 is 0. The second kappa shape index (κ2) is 4.16. The molecule has 0 atom stereocenters. The topological polar surface area (TPSA) is 63.1 Å². The second-order valence-corrected chi connectivity index (χ2v) is 2.11. The Hall–Kier alpha value is -1.96. The summed E-state index contributed by atoms with van der Waals surface area (Å²) in [6, 6.07) is 0. The third kappa shape index (κ3) is 3.29. The SMILES string of the molecule is O=C(O)CC#Cc1cnc(F)nc1. The van der Waals surface area contributed by atoms with Crippen LogP contribution in [0.5, 0.6) is 0 Å². The van der Waals surface area contributed by atoms with Crippen molar-refractivity contribution in [2.75, 3.05) is 0 Å². The first-order valence-corrected chi connectivity index (χ1v) is 3.36. The first-order valence-electron chi connectivity index (χ1n) is 3.36. The molecule has 0 saturated heterocycles. The van der Waals surface area contributed by atoms with E-state index in [4.69, 9.17) is 5.11 Å². The van der Waals surface area contributed by atoms with Gasteiger partial charge in [0.2, 0.25) is 0 Å². The highest BCUT2D eigenvalue weighted by Crippen LogP contribution is 1.92. The number of aliphatic carboxylic acids is 1. The molecule has 0 radical (unpaired) electrons. The van der Waals surface area contributed by atoms with Gasteiger partial charge in [0.15, 0.2) is 0 Å². The lowest BCUT2D eigenvalue weighted by Crippen LogP contribution is -1.91. The lowest BCUT2D eigenvalue weighted by molar-refractivity contribution is -0.135. The summed E-state index contributed by atoms with van der Waals surface area (Å²) in [5.41, 5.74) is 0.391. The van der Waals surface area contributed by atoms with E-state index in [1.165, 1.54) is 12.4 Å². The zero-order valence-electron chi connectivity index (χ0n) is 6.49. The maximum absolute atomic E-state index is 12.2. The smallest absolute Gasteiger partial charge is 0.315 e. The van der Waals surface area contributed by atoms with E-state index in [9.17, 15) is 9.18 Å². The molecule has 0 aromatic carbocycles. The minimum atomic E-state index is -1.00. The molecule has 4 nitrogen and oxygen atoms in total. The molecule has 0 amide bonds. The van der Waals surface area contributed by atoms with Gasteiger partial charge in [-0.2, -0.15) is 4.39 Å². The maximum Gasteiger partial charge on any atom is 0.315 e. The summed E-state index contributed by atoms with van der Waals surface area (Å²) in [6.45, 7) is 0. The molecule has 0 aliphatic heterocycles. The highest BCUT2D eigenvalue weighted by molar-refractivity contribution is 5.70. The van der Waals surface area contributed by atoms with Gasteiger partial charge in [-0.05, 0) is 0 Å². The normalized spacial score (nSPS) is 8.69. The van der Waals surface area contributed by atoms with Gasteiger partial charge in [0, 0.05) is 12.4 Å². The zero-order valence-corrected chi connectivity index (χ0v) is 6.49. The fourth-order valence-corrected chi connectivity index (χ4v) is 0.599. The van der Waals surface area contributed by atoms with Crippen LogP contribution in [0.4, 0.5) is 4.39 Å². The van der Waals surface area contributed by atoms with E-state index >= 15 is 0 Å². The van der Waals surface area contributed by atoms with Gasteiger partial charge >= 0.3 is 12.0 Å². The van der Waals surface area contributed by atoms with Gasteiger partial charge in [-0.3, -0.25) is 4.79 Å². The molecule has 0 fully saturated rings. The Bertz CT molecular complexity index is 364. The number of halogens is 1. The fraction of sp³-hybridized carbons (Fsp3) is 0.125. The number of nitrogens with zero attached hydrogens (tertiary/aromatic N) is 2. The Balaban J connectivity index is 2.67. The van der Waals surface area contributed by atoms with Crippen molar-refractivity contribution in [1.82, 2.24) is 9.97 Å². The number of hydrogen-bond donors (Lipinski definition) is 1. The van der Waals surface area contributed by atoms with Crippen LogP contribution in [0, 0.1) is 17.9 Å². The zero-order chi connectivity index (χ0) is 9.68. The van der Waals surface area contributed by atoms with Gasteiger partial charge in [0.1, 0.15) is 6.42 Å². The average molecular weight is 180 g/mol. The van der Waals surface area contributed by atoms with Gasteiger partial charge in [0.05, 0.1) is 5.56 Å². The first-order chi connectivity index (χ1) is 6.18. The van der Waals surface area contributed by atoms with Crippen LogP contribution in [0.3, 0.4) is 0 Å². The van der Waals surface area contributed by atoms with Crippen LogP contribution >= 0.6 is 0 Å². The highest BCUT2D eigenvalue weighted by atomic mass is 19.1. The molecular formula is C8H5FN2O2. The van der Waals surface area contributed by atoms with Crippen LogP contribution in [0.2, 0.25) is 0 Å². The average Bonchev–Trinajstić information content (AvgIpc) is 2.08. The Morgan fingerprint density at radius 1 is 1.54 bits per heavy atom. The molecule has 5 heteroatoms. The predicted molar refractivity (Wildman–Crippen MR) is 41.1 cm³/mol. The van der Waals surface area contributed by atoms with Crippen molar-refractivity contribution in [1.29, 1.82) is 0 Å². The van der Waals surface area contributed by atoms with Crippen molar-refractivity contribution in [3.8, 4) is 11.8 Å². The number of aromatic nitrogens is 2. The molecule has 1 heterocycles. The minimum absolute atomic E-state index is 0.253. The van der Waals surface area contributed by atoms with E-state index in [1.807, 2.05) is 0 Å². The van der Waals surface area contributed by atoms with Gasteiger partial charge in [-0.25, -0.2) is 9.97 Å². The molecule has 1 aromatic heterocycles. The lowest BCUT2D eigenvalue weighted by Gasteiger charge is -1.86. The van der Waals surface area contributed by atoms with Gasteiger partial charge < -0.3 is 5.11 Å². The molecule has 66 valence electrons. The third-order valence-corrected chi connectivity index (χ3v) is 1.09. The largest absolute Gasteiger partial charge is 0.481 e. The van der Waals surface area contributed by atoms with Crippen LogP contribution in [-0.4, -0.2) is 21.0 Å². The van der Waals surface area contributed by atoms with Crippen LogP contribution in [0.1, 0.15) is 12.0 Å². The van der Waals surface area contributed by atoms with E-state index in [2.05, 4.69) is 21.8 Å². The van der Waals surface area contributed by atoms with Crippen LogP contribution < -0.4 is 0 Å². The van der Waals surface area contributed by atoms with E-state index in [1.54, 1.807) is 0 Å². The first kappa shape index (κ1) is 9.13. The van der Waals surface area contributed by atoms with Crippen molar-refractivity contribution >= 4 is 5.97 Å². The summed E-state index contributed by atoms with van der Waals surface area (Å²) < 4.78 is 12.2. The number of carbonyl (C=O) groups is 1. The van der Waals surface area contributed by atoms with Gasteiger partial charge in [-0.1, -0.05) is 11.8 Å². The van der Waals surface area contributed by atoms with E-state index in [-0.39, 0.29) is 6.42 Å². The lowest BCUT2D eigenvalue weighted by atomic mass is 10.3. The van der Waals surface area contributed by atoms with Crippen molar-refractivity contribution in [3.63, 3.8) is 0 Å². The van der Waals surface area contributed by atoms with E-state index in [0.717, 1.165) is 0 Å². The molecule has 13 heavy (non-hydrogen) atoms. The Morgan fingerprint density at radius 3 is 2.69 bits per heavy atom. The monoisotopic (exact) mass is 180 g/mol. The molecule has 0 bridgehead atoms.